The lowest BCUT2D eigenvalue weighted by atomic mass is 10.1. The highest BCUT2D eigenvalue weighted by atomic mass is 16.3. The van der Waals surface area contributed by atoms with Crippen molar-refractivity contribution in [2.45, 2.75) is 53.1 Å². The van der Waals surface area contributed by atoms with Crippen LogP contribution in [0, 0.1) is 11.8 Å². The molecule has 26 heavy (non-hydrogen) atoms. The molecule has 0 unspecified atom stereocenters. The lowest BCUT2D eigenvalue weighted by molar-refractivity contribution is -0.135. The van der Waals surface area contributed by atoms with E-state index in [1.54, 1.807) is 12.3 Å². The van der Waals surface area contributed by atoms with E-state index in [0.29, 0.717) is 24.9 Å². The van der Waals surface area contributed by atoms with E-state index < -0.39 is 0 Å². The topological polar surface area (TPSA) is 65.8 Å². The van der Waals surface area contributed by atoms with E-state index in [1.807, 2.05) is 15.9 Å². The first-order valence-corrected chi connectivity index (χ1v) is 9.68. The molecule has 0 saturated carbocycles. The maximum absolute atomic E-state index is 12.8. The molecule has 1 fully saturated rings. The fourth-order valence-corrected chi connectivity index (χ4v) is 3.45. The van der Waals surface area contributed by atoms with Crippen molar-refractivity contribution in [1.82, 2.24) is 15.1 Å². The van der Waals surface area contributed by atoms with Crippen LogP contribution < -0.4 is 5.32 Å². The van der Waals surface area contributed by atoms with E-state index in [-0.39, 0.29) is 17.9 Å². The fourth-order valence-electron chi connectivity index (χ4n) is 3.45. The third-order valence-electron chi connectivity index (χ3n) is 4.55. The van der Waals surface area contributed by atoms with E-state index in [1.165, 1.54) is 0 Å². The van der Waals surface area contributed by atoms with Crippen molar-refractivity contribution in [3.63, 3.8) is 0 Å². The maximum Gasteiger partial charge on any atom is 0.237 e. The zero-order chi connectivity index (χ0) is 19.1. The van der Waals surface area contributed by atoms with Crippen molar-refractivity contribution in [1.29, 1.82) is 0 Å². The normalized spacial score (nSPS) is 17.8. The Balaban J connectivity index is 1.90. The first kappa shape index (κ1) is 20.5. The van der Waals surface area contributed by atoms with Crippen LogP contribution in [0.25, 0.3) is 0 Å². The highest BCUT2D eigenvalue weighted by molar-refractivity contribution is 5.84. The van der Waals surface area contributed by atoms with Crippen LogP contribution in [-0.2, 0) is 16.1 Å². The van der Waals surface area contributed by atoms with Crippen LogP contribution in [-0.4, -0.2) is 53.8 Å². The average molecular weight is 364 g/mol. The zero-order valence-corrected chi connectivity index (χ0v) is 16.5. The van der Waals surface area contributed by atoms with Crippen LogP contribution in [0.15, 0.2) is 22.8 Å². The van der Waals surface area contributed by atoms with Crippen molar-refractivity contribution >= 4 is 11.8 Å². The largest absolute Gasteiger partial charge is 0.467 e. The molecule has 0 radical (unpaired) electrons. The van der Waals surface area contributed by atoms with E-state index in [0.717, 1.165) is 38.2 Å². The third-order valence-corrected chi connectivity index (χ3v) is 4.55. The Bertz CT molecular complexity index is 559. The Labute approximate surface area is 156 Å². The second kappa shape index (κ2) is 9.76. The molecule has 146 valence electrons. The molecule has 0 bridgehead atoms. The van der Waals surface area contributed by atoms with Gasteiger partial charge in [0.05, 0.1) is 25.4 Å². The van der Waals surface area contributed by atoms with Crippen LogP contribution in [0.1, 0.15) is 46.3 Å². The number of likely N-dealkylation sites (tertiary alicyclic amines) is 1. The number of carbonyl (C=O) groups is 2. The number of amides is 2. The molecule has 1 aliphatic heterocycles. The van der Waals surface area contributed by atoms with Gasteiger partial charge in [0.15, 0.2) is 0 Å². The monoisotopic (exact) mass is 363 g/mol. The molecule has 2 heterocycles. The van der Waals surface area contributed by atoms with Crippen molar-refractivity contribution in [2.75, 3.05) is 26.2 Å². The molecule has 1 aromatic rings. The van der Waals surface area contributed by atoms with Gasteiger partial charge in [-0.3, -0.25) is 14.5 Å². The van der Waals surface area contributed by atoms with Crippen molar-refractivity contribution in [3.8, 4) is 0 Å². The molecule has 1 aliphatic rings. The lowest BCUT2D eigenvalue weighted by Gasteiger charge is -2.30. The minimum absolute atomic E-state index is 0.0223. The SMILES string of the molecule is CC(C)CN(CC(C)C)C(=O)CN1CCC[C@@H]1C(=O)NCc1ccco1. The first-order valence-electron chi connectivity index (χ1n) is 9.68. The summed E-state index contributed by atoms with van der Waals surface area (Å²) in [6.45, 7) is 11.5. The molecule has 2 amide bonds. The summed E-state index contributed by atoms with van der Waals surface area (Å²) in [5.41, 5.74) is 0. The molecule has 0 spiro atoms. The maximum atomic E-state index is 12.8. The van der Waals surface area contributed by atoms with Gasteiger partial charge in [-0.2, -0.15) is 0 Å². The van der Waals surface area contributed by atoms with Gasteiger partial charge in [-0.05, 0) is 43.4 Å². The van der Waals surface area contributed by atoms with E-state index in [2.05, 4.69) is 33.0 Å². The standard InChI is InChI=1S/C20H33N3O3/c1-15(2)12-23(13-16(3)4)19(24)14-22-9-5-8-18(22)20(25)21-11-17-7-6-10-26-17/h6-7,10,15-16,18H,5,8-9,11-14H2,1-4H3,(H,21,25)/t18-/m1/s1. The first-order chi connectivity index (χ1) is 12.4. The Morgan fingerprint density at radius 3 is 2.54 bits per heavy atom. The van der Waals surface area contributed by atoms with Gasteiger partial charge in [0.2, 0.25) is 11.8 Å². The second-order valence-electron chi connectivity index (χ2n) is 8.01. The minimum Gasteiger partial charge on any atom is -0.467 e. The Morgan fingerprint density at radius 2 is 1.96 bits per heavy atom. The van der Waals surface area contributed by atoms with Gasteiger partial charge < -0.3 is 14.6 Å². The van der Waals surface area contributed by atoms with Gasteiger partial charge in [0, 0.05) is 13.1 Å². The molecule has 1 saturated heterocycles. The van der Waals surface area contributed by atoms with Gasteiger partial charge in [-0.25, -0.2) is 0 Å². The molecule has 0 aliphatic carbocycles. The third kappa shape index (κ3) is 6.16. The Hall–Kier alpha value is -1.82. The van der Waals surface area contributed by atoms with Gasteiger partial charge >= 0.3 is 0 Å². The summed E-state index contributed by atoms with van der Waals surface area (Å²) in [6.07, 6.45) is 3.34. The van der Waals surface area contributed by atoms with Crippen LogP contribution in [0.3, 0.4) is 0 Å². The highest BCUT2D eigenvalue weighted by Gasteiger charge is 2.33. The summed E-state index contributed by atoms with van der Waals surface area (Å²) < 4.78 is 5.25. The van der Waals surface area contributed by atoms with Crippen molar-refractivity contribution in [3.05, 3.63) is 24.2 Å². The number of carbonyl (C=O) groups excluding carboxylic acids is 2. The van der Waals surface area contributed by atoms with Crippen molar-refractivity contribution < 1.29 is 14.0 Å². The van der Waals surface area contributed by atoms with Crippen LogP contribution in [0.2, 0.25) is 0 Å². The molecule has 6 nitrogen and oxygen atoms in total. The second-order valence-corrected chi connectivity index (χ2v) is 8.01. The number of nitrogens with zero attached hydrogens (tertiary/aromatic N) is 2. The zero-order valence-electron chi connectivity index (χ0n) is 16.5. The summed E-state index contributed by atoms with van der Waals surface area (Å²) in [5, 5.41) is 2.92. The van der Waals surface area contributed by atoms with E-state index >= 15 is 0 Å². The molecule has 0 aromatic carbocycles. The van der Waals surface area contributed by atoms with Crippen LogP contribution >= 0.6 is 0 Å². The number of hydrogen-bond donors (Lipinski definition) is 1. The molecular formula is C20H33N3O3. The minimum atomic E-state index is -0.228. The number of nitrogens with one attached hydrogen (secondary N) is 1. The van der Waals surface area contributed by atoms with E-state index in [4.69, 9.17) is 4.42 Å². The smallest absolute Gasteiger partial charge is 0.237 e. The number of furan rings is 1. The quantitative estimate of drug-likeness (QED) is 0.732. The molecule has 2 rings (SSSR count). The number of rotatable bonds is 9. The van der Waals surface area contributed by atoms with Gasteiger partial charge in [-0.1, -0.05) is 27.7 Å². The molecule has 6 heteroatoms. The summed E-state index contributed by atoms with van der Waals surface area (Å²) in [4.78, 5) is 29.3. The van der Waals surface area contributed by atoms with Crippen molar-refractivity contribution in [2.24, 2.45) is 11.8 Å². The summed E-state index contributed by atoms with van der Waals surface area (Å²) in [7, 11) is 0. The predicted molar refractivity (Wildman–Crippen MR) is 101 cm³/mol. The molecular weight excluding hydrogens is 330 g/mol. The average Bonchev–Trinajstić information content (AvgIpc) is 3.22. The highest BCUT2D eigenvalue weighted by Crippen LogP contribution is 2.18. The molecule has 1 aromatic heterocycles. The lowest BCUT2D eigenvalue weighted by Crippen LogP contribution is -2.48. The predicted octanol–water partition coefficient (Wildman–Crippen LogP) is 2.50. The van der Waals surface area contributed by atoms with Gasteiger partial charge in [0.25, 0.3) is 0 Å². The number of hydrogen-bond acceptors (Lipinski definition) is 4. The van der Waals surface area contributed by atoms with Gasteiger partial charge in [0.1, 0.15) is 5.76 Å². The Kier molecular flexibility index (Phi) is 7.69. The summed E-state index contributed by atoms with van der Waals surface area (Å²) >= 11 is 0. The molecule has 1 N–H and O–H groups in total. The fraction of sp³-hybridized carbons (Fsp3) is 0.700. The Morgan fingerprint density at radius 1 is 1.27 bits per heavy atom. The van der Waals surface area contributed by atoms with Gasteiger partial charge in [-0.15, -0.1) is 0 Å². The summed E-state index contributed by atoms with van der Waals surface area (Å²) in [5.74, 6) is 1.70. The summed E-state index contributed by atoms with van der Waals surface area (Å²) in [6, 6.07) is 3.42. The van der Waals surface area contributed by atoms with E-state index in [9.17, 15) is 9.59 Å². The van der Waals surface area contributed by atoms with Crippen LogP contribution in [0.4, 0.5) is 0 Å². The van der Waals surface area contributed by atoms with Crippen LogP contribution in [0.5, 0.6) is 0 Å². The molecule has 1 atom stereocenters.